The van der Waals surface area contributed by atoms with E-state index >= 15 is 0 Å². The first-order chi connectivity index (χ1) is 11.7. The van der Waals surface area contributed by atoms with Crippen LogP contribution in [0.1, 0.15) is 24.2 Å². The van der Waals surface area contributed by atoms with Crippen LogP contribution in [0.4, 0.5) is 0 Å². The molecule has 6 heteroatoms. The van der Waals surface area contributed by atoms with Gasteiger partial charge in [0.15, 0.2) is 17.6 Å². The molecular formula is C18H20N2O4. The number of methoxy groups -OCH3 is 1. The van der Waals surface area contributed by atoms with Crippen LogP contribution in [0, 0.1) is 0 Å². The molecule has 126 valence electrons. The van der Waals surface area contributed by atoms with E-state index < -0.39 is 6.10 Å². The fourth-order valence-electron chi connectivity index (χ4n) is 2.13. The van der Waals surface area contributed by atoms with Crippen molar-refractivity contribution in [1.82, 2.24) is 5.43 Å². The zero-order chi connectivity index (χ0) is 17.4. The molecule has 2 N–H and O–H groups in total. The van der Waals surface area contributed by atoms with Crippen LogP contribution in [0.3, 0.4) is 0 Å². The predicted octanol–water partition coefficient (Wildman–Crippen LogP) is 2.63. The zero-order valence-electron chi connectivity index (χ0n) is 13.6. The lowest BCUT2D eigenvalue weighted by Gasteiger charge is -2.13. The first kappa shape index (κ1) is 17.5. The lowest BCUT2D eigenvalue weighted by Crippen LogP contribution is -2.26. The fourth-order valence-corrected chi connectivity index (χ4v) is 2.13. The summed E-state index contributed by atoms with van der Waals surface area (Å²) in [6.45, 7) is 2.27. The van der Waals surface area contributed by atoms with E-state index in [2.05, 4.69) is 10.5 Å². The molecule has 0 aromatic heterocycles. The molecule has 0 heterocycles. The quantitative estimate of drug-likeness (QED) is 0.605. The van der Waals surface area contributed by atoms with Crippen LogP contribution in [0.2, 0.25) is 0 Å². The standard InChI is InChI=1S/C18H20N2O4/c1-3-24-16-11-13(9-10-15(16)21)12-19-20-18(22)17(23-2)14-7-5-4-6-8-14/h4-12,17,21H,3H2,1-2H3,(H,20,22)/b19-12+. The molecule has 24 heavy (non-hydrogen) atoms. The molecule has 1 amide bonds. The van der Waals surface area contributed by atoms with Crippen molar-refractivity contribution in [3.8, 4) is 11.5 Å². The van der Waals surface area contributed by atoms with Crippen LogP contribution in [0.5, 0.6) is 11.5 Å². The first-order valence-corrected chi connectivity index (χ1v) is 7.52. The summed E-state index contributed by atoms with van der Waals surface area (Å²) in [4.78, 5) is 12.2. The summed E-state index contributed by atoms with van der Waals surface area (Å²) in [5.74, 6) is 0.0529. The van der Waals surface area contributed by atoms with Gasteiger partial charge in [-0.25, -0.2) is 5.43 Å². The summed E-state index contributed by atoms with van der Waals surface area (Å²) in [7, 11) is 1.47. The van der Waals surface area contributed by atoms with E-state index in [9.17, 15) is 9.90 Å². The monoisotopic (exact) mass is 328 g/mol. The Kier molecular flexibility index (Phi) is 6.33. The van der Waals surface area contributed by atoms with E-state index in [-0.39, 0.29) is 11.7 Å². The second-order valence-corrected chi connectivity index (χ2v) is 4.92. The molecule has 0 radical (unpaired) electrons. The van der Waals surface area contributed by atoms with Crippen LogP contribution in [-0.2, 0) is 9.53 Å². The fraction of sp³-hybridized carbons (Fsp3) is 0.222. The Morgan fingerprint density at radius 1 is 1.29 bits per heavy atom. The summed E-state index contributed by atoms with van der Waals surface area (Å²) in [6, 6.07) is 14.0. The van der Waals surface area contributed by atoms with E-state index in [4.69, 9.17) is 9.47 Å². The first-order valence-electron chi connectivity index (χ1n) is 7.52. The number of nitrogens with one attached hydrogen (secondary N) is 1. The molecule has 1 unspecified atom stereocenters. The molecule has 0 fully saturated rings. The van der Waals surface area contributed by atoms with Crippen LogP contribution in [0.25, 0.3) is 0 Å². The van der Waals surface area contributed by atoms with Gasteiger partial charge in [-0.3, -0.25) is 4.79 Å². The summed E-state index contributed by atoms with van der Waals surface area (Å²) >= 11 is 0. The largest absolute Gasteiger partial charge is 0.504 e. The van der Waals surface area contributed by atoms with Crippen molar-refractivity contribution >= 4 is 12.1 Å². The zero-order valence-corrected chi connectivity index (χ0v) is 13.6. The van der Waals surface area contributed by atoms with Gasteiger partial charge in [0.2, 0.25) is 0 Å². The molecule has 0 aliphatic heterocycles. The van der Waals surface area contributed by atoms with Gasteiger partial charge in [-0.1, -0.05) is 30.3 Å². The lowest BCUT2D eigenvalue weighted by atomic mass is 10.1. The highest BCUT2D eigenvalue weighted by atomic mass is 16.5. The van der Waals surface area contributed by atoms with Gasteiger partial charge in [-0.2, -0.15) is 5.10 Å². The molecule has 0 aliphatic carbocycles. The van der Waals surface area contributed by atoms with Crippen molar-refractivity contribution in [1.29, 1.82) is 0 Å². The summed E-state index contributed by atoms with van der Waals surface area (Å²) < 4.78 is 10.5. The van der Waals surface area contributed by atoms with E-state index in [1.807, 2.05) is 37.3 Å². The van der Waals surface area contributed by atoms with E-state index in [0.717, 1.165) is 5.56 Å². The van der Waals surface area contributed by atoms with Crippen LogP contribution in [0.15, 0.2) is 53.6 Å². The Morgan fingerprint density at radius 3 is 2.71 bits per heavy atom. The summed E-state index contributed by atoms with van der Waals surface area (Å²) in [6.07, 6.45) is 0.736. The molecule has 0 saturated carbocycles. The topological polar surface area (TPSA) is 80.2 Å². The average Bonchev–Trinajstić information content (AvgIpc) is 2.59. The number of rotatable bonds is 7. The SMILES string of the molecule is CCOc1cc(/C=N/NC(=O)C(OC)c2ccccc2)ccc1O. The van der Waals surface area contributed by atoms with E-state index in [1.54, 1.807) is 12.1 Å². The third-order valence-electron chi connectivity index (χ3n) is 3.25. The van der Waals surface area contributed by atoms with Crippen molar-refractivity contribution in [2.45, 2.75) is 13.0 Å². The number of benzene rings is 2. The van der Waals surface area contributed by atoms with Gasteiger partial charge in [0.05, 0.1) is 12.8 Å². The van der Waals surface area contributed by atoms with Gasteiger partial charge < -0.3 is 14.6 Å². The Balaban J connectivity index is 2.02. The minimum atomic E-state index is -0.734. The highest BCUT2D eigenvalue weighted by Crippen LogP contribution is 2.26. The van der Waals surface area contributed by atoms with Crippen molar-refractivity contribution in [2.75, 3.05) is 13.7 Å². The molecule has 0 spiro atoms. The number of aromatic hydroxyl groups is 1. The maximum atomic E-state index is 12.2. The van der Waals surface area contributed by atoms with Crippen molar-refractivity contribution in [3.05, 3.63) is 59.7 Å². The number of phenols is 1. The number of carbonyl (C=O) groups excluding carboxylic acids is 1. The highest BCUT2D eigenvalue weighted by Gasteiger charge is 2.19. The highest BCUT2D eigenvalue weighted by molar-refractivity contribution is 5.85. The Labute approximate surface area is 140 Å². The van der Waals surface area contributed by atoms with Crippen molar-refractivity contribution < 1.29 is 19.4 Å². The molecule has 0 aliphatic rings. The minimum Gasteiger partial charge on any atom is -0.504 e. The molecule has 1 atom stereocenters. The van der Waals surface area contributed by atoms with Crippen LogP contribution < -0.4 is 10.2 Å². The number of hydrogen-bond acceptors (Lipinski definition) is 5. The second-order valence-electron chi connectivity index (χ2n) is 4.92. The average molecular weight is 328 g/mol. The molecule has 2 aromatic rings. The third-order valence-corrected chi connectivity index (χ3v) is 3.25. The molecule has 2 aromatic carbocycles. The molecule has 2 rings (SSSR count). The number of ether oxygens (including phenoxy) is 2. The van der Waals surface area contributed by atoms with E-state index in [0.29, 0.717) is 17.9 Å². The number of hydrazone groups is 1. The van der Waals surface area contributed by atoms with Crippen LogP contribution in [-0.4, -0.2) is 30.9 Å². The van der Waals surface area contributed by atoms with Gasteiger partial charge >= 0.3 is 0 Å². The summed E-state index contributed by atoms with van der Waals surface area (Å²) in [5, 5.41) is 13.6. The number of amides is 1. The van der Waals surface area contributed by atoms with Gasteiger partial charge in [-0.05, 0) is 36.2 Å². The lowest BCUT2D eigenvalue weighted by molar-refractivity contribution is -0.131. The van der Waals surface area contributed by atoms with Gasteiger partial charge in [0.1, 0.15) is 0 Å². The predicted molar refractivity (Wildman–Crippen MR) is 91.2 cm³/mol. The van der Waals surface area contributed by atoms with Gasteiger partial charge in [-0.15, -0.1) is 0 Å². The second kappa shape index (κ2) is 8.69. The number of phenolic OH excluding ortho intramolecular Hbond substituents is 1. The smallest absolute Gasteiger partial charge is 0.273 e. The maximum Gasteiger partial charge on any atom is 0.273 e. The molecular weight excluding hydrogens is 308 g/mol. The number of hydrogen-bond donors (Lipinski definition) is 2. The van der Waals surface area contributed by atoms with Gasteiger partial charge in [0.25, 0.3) is 5.91 Å². The Bertz CT molecular complexity index is 701. The maximum absolute atomic E-state index is 12.2. The van der Waals surface area contributed by atoms with Crippen molar-refractivity contribution in [3.63, 3.8) is 0 Å². The van der Waals surface area contributed by atoms with E-state index in [1.165, 1.54) is 19.4 Å². The minimum absolute atomic E-state index is 0.0570. The molecule has 6 nitrogen and oxygen atoms in total. The number of nitrogens with zero attached hydrogens (tertiary/aromatic N) is 1. The number of carbonyl (C=O) groups is 1. The molecule has 0 saturated heterocycles. The van der Waals surface area contributed by atoms with Gasteiger partial charge in [0, 0.05) is 7.11 Å². The third kappa shape index (κ3) is 4.57. The summed E-state index contributed by atoms with van der Waals surface area (Å²) in [5.41, 5.74) is 3.88. The normalized spacial score (nSPS) is 12.1. The molecule has 0 bridgehead atoms. The Hall–Kier alpha value is -2.86. The Morgan fingerprint density at radius 2 is 2.04 bits per heavy atom. The van der Waals surface area contributed by atoms with Crippen LogP contribution >= 0.6 is 0 Å². The van der Waals surface area contributed by atoms with Crippen molar-refractivity contribution in [2.24, 2.45) is 5.10 Å².